The lowest BCUT2D eigenvalue weighted by atomic mass is 10.1. The average Bonchev–Trinajstić information content (AvgIpc) is 3.16. The van der Waals surface area contributed by atoms with Crippen LogP contribution in [-0.2, 0) is 19.6 Å². The Morgan fingerprint density at radius 2 is 1.70 bits per heavy atom. The molecule has 3 aromatic rings. The van der Waals surface area contributed by atoms with Crippen molar-refractivity contribution in [3.05, 3.63) is 83.9 Å². The number of nitrogens with one attached hydrogen (secondary N) is 2. The van der Waals surface area contributed by atoms with Gasteiger partial charge in [-0.25, -0.2) is 4.98 Å². The number of aromatic nitrogens is 2. The van der Waals surface area contributed by atoms with Gasteiger partial charge in [-0.3, -0.25) is 4.99 Å². The third kappa shape index (κ3) is 6.37. The first-order valence-corrected chi connectivity index (χ1v) is 10.2. The molecule has 0 atom stereocenters. The summed E-state index contributed by atoms with van der Waals surface area (Å²) < 4.78 is 8.22. The molecular formula is C24H31N5O. The maximum Gasteiger partial charge on any atom is 0.191 e. The highest BCUT2D eigenvalue weighted by Crippen LogP contribution is 2.22. The topological polar surface area (TPSA) is 63.5 Å². The lowest BCUT2D eigenvalue weighted by Crippen LogP contribution is -2.37. The van der Waals surface area contributed by atoms with Crippen molar-refractivity contribution in [2.45, 2.75) is 46.0 Å². The molecule has 0 aliphatic rings. The Bertz CT molecular complexity index is 957. The van der Waals surface area contributed by atoms with Gasteiger partial charge in [0.2, 0.25) is 0 Å². The molecular weight excluding hydrogens is 374 g/mol. The normalized spacial score (nSPS) is 11.9. The molecule has 2 N–H and O–H groups in total. The second-order valence-electron chi connectivity index (χ2n) is 8.06. The van der Waals surface area contributed by atoms with Crippen LogP contribution in [0.5, 0.6) is 5.75 Å². The van der Waals surface area contributed by atoms with E-state index in [-0.39, 0.29) is 5.60 Å². The molecule has 0 aliphatic carbocycles. The summed E-state index contributed by atoms with van der Waals surface area (Å²) in [4.78, 5) is 8.83. The zero-order valence-corrected chi connectivity index (χ0v) is 18.2. The van der Waals surface area contributed by atoms with Crippen LogP contribution >= 0.6 is 0 Å². The van der Waals surface area contributed by atoms with Gasteiger partial charge < -0.3 is 19.9 Å². The minimum absolute atomic E-state index is 0.244. The van der Waals surface area contributed by atoms with Crippen molar-refractivity contribution in [1.29, 1.82) is 0 Å². The Hall–Kier alpha value is -3.28. The number of benzene rings is 2. The van der Waals surface area contributed by atoms with E-state index >= 15 is 0 Å². The van der Waals surface area contributed by atoms with Gasteiger partial charge in [0, 0.05) is 38.1 Å². The number of ether oxygens (including phenoxy) is 1. The predicted molar refractivity (Wildman–Crippen MR) is 122 cm³/mol. The standard InChI is InChI=1S/C24H31N5O/c1-24(2,3)30-21-13-9-8-12-20(21)16-27-23(25-4)28-17-22-26-14-15-29(22)18-19-10-6-5-7-11-19/h5-15H,16-18H2,1-4H3,(H2,25,27,28). The van der Waals surface area contributed by atoms with Crippen LogP contribution in [0.25, 0.3) is 0 Å². The van der Waals surface area contributed by atoms with E-state index in [9.17, 15) is 0 Å². The van der Waals surface area contributed by atoms with Gasteiger partial charge in [-0.05, 0) is 32.4 Å². The smallest absolute Gasteiger partial charge is 0.191 e. The second kappa shape index (κ2) is 9.96. The molecule has 0 unspecified atom stereocenters. The van der Waals surface area contributed by atoms with Crippen LogP contribution in [0.3, 0.4) is 0 Å². The fourth-order valence-electron chi connectivity index (χ4n) is 3.07. The number of imidazole rings is 1. The zero-order chi connectivity index (χ0) is 21.4. The largest absolute Gasteiger partial charge is 0.488 e. The SMILES string of the molecule is CN=C(NCc1ccccc1OC(C)(C)C)NCc1nccn1Cc1ccccc1. The molecule has 0 saturated carbocycles. The van der Waals surface area contributed by atoms with E-state index in [1.165, 1.54) is 5.56 Å². The van der Waals surface area contributed by atoms with Gasteiger partial charge in [-0.2, -0.15) is 0 Å². The molecule has 6 nitrogen and oxygen atoms in total. The van der Waals surface area contributed by atoms with Crippen LogP contribution in [0.4, 0.5) is 0 Å². The summed E-state index contributed by atoms with van der Waals surface area (Å²) in [6.07, 6.45) is 3.83. The molecule has 0 aliphatic heterocycles. The summed E-state index contributed by atoms with van der Waals surface area (Å²) in [5.74, 6) is 2.56. The van der Waals surface area contributed by atoms with Gasteiger partial charge in [-0.15, -0.1) is 0 Å². The molecule has 1 aromatic heterocycles. The van der Waals surface area contributed by atoms with Crippen molar-refractivity contribution in [1.82, 2.24) is 20.2 Å². The number of para-hydroxylation sites is 1. The summed E-state index contributed by atoms with van der Waals surface area (Å²) in [6.45, 7) is 8.14. The number of hydrogen-bond donors (Lipinski definition) is 2. The molecule has 0 radical (unpaired) electrons. The fraction of sp³-hybridized carbons (Fsp3) is 0.333. The molecule has 0 fully saturated rings. The van der Waals surface area contributed by atoms with Crippen LogP contribution < -0.4 is 15.4 Å². The van der Waals surface area contributed by atoms with Gasteiger partial charge in [0.05, 0.1) is 6.54 Å². The van der Waals surface area contributed by atoms with Crippen LogP contribution in [0.1, 0.15) is 37.7 Å². The second-order valence-corrected chi connectivity index (χ2v) is 8.06. The molecule has 1 heterocycles. The first-order chi connectivity index (χ1) is 14.4. The quantitative estimate of drug-likeness (QED) is 0.461. The van der Waals surface area contributed by atoms with Crippen molar-refractivity contribution >= 4 is 5.96 Å². The molecule has 0 bridgehead atoms. The first kappa shape index (κ1) is 21.4. The van der Waals surface area contributed by atoms with E-state index in [4.69, 9.17) is 4.74 Å². The number of guanidine groups is 1. The first-order valence-electron chi connectivity index (χ1n) is 10.2. The molecule has 158 valence electrons. The minimum Gasteiger partial charge on any atom is -0.488 e. The van der Waals surface area contributed by atoms with Crippen LogP contribution in [0, 0.1) is 0 Å². The third-order valence-electron chi connectivity index (χ3n) is 4.47. The maximum absolute atomic E-state index is 6.08. The monoisotopic (exact) mass is 405 g/mol. The Kier molecular flexibility index (Phi) is 7.12. The highest BCUT2D eigenvalue weighted by molar-refractivity contribution is 5.79. The van der Waals surface area contributed by atoms with Crippen molar-refractivity contribution in [3.8, 4) is 5.75 Å². The lowest BCUT2D eigenvalue weighted by molar-refractivity contribution is 0.129. The van der Waals surface area contributed by atoms with Gasteiger partial charge in [0.25, 0.3) is 0 Å². The summed E-state index contributed by atoms with van der Waals surface area (Å²) in [5, 5.41) is 6.72. The van der Waals surface area contributed by atoms with Gasteiger partial charge in [0.15, 0.2) is 5.96 Å². The molecule has 0 spiro atoms. The van der Waals surface area contributed by atoms with Crippen LogP contribution in [0.2, 0.25) is 0 Å². The highest BCUT2D eigenvalue weighted by atomic mass is 16.5. The molecule has 6 heteroatoms. The average molecular weight is 406 g/mol. The summed E-state index contributed by atoms with van der Waals surface area (Å²) in [7, 11) is 1.77. The molecule has 2 aromatic carbocycles. The molecule has 0 saturated heterocycles. The van der Waals surface area contributed by atoms with Gasteiger partial charge >= 0.3 is 0 Å². The van der Waals surface area contributed by atoms with Gasteiger partial charge in [-0.1, -0.05) is 48.5 Å². The Morgan fingerprint density at radius 3 is 2.43 bits per heavy atom. The predicted octanol–water partition coefficient (Wildman–Crippen LogP) is 3.97. The number of rotatable bonds is 7. The van der Waals surface area contributed by atoms with Gasteiger partial charge in [0.1, 0.15) is 17.2 Å². The Balaban J connectivity index is 1.58. The van der Waals surface area contributed by atoms with Crippen molar-refractivity contribution in [3.63, 3.8) is 0 Å². The Labute approximate surface area is 179 Å². The Morgan fingerprint density at radius 1 is 1.00 bits per heavy atom. The minimum atomic E-state index is -0.244. The van der Waals surface area contributed by atoms with Crippen LogP contribution in [-0.4, -0.2) is 28.2 Å². The summed E-state index contributed by atoms with van der Waals surface area (Å²) >= 11 is 0. The third-order valence-corrected chi connectivity index (χ3v) is 4.47. The maximum atomic E-state index is 6.08. The van der Waals surface area contributed by atoms with E-state index in [0.29, 0.717) is 13.1 Å². The lowest BCUT2D eigenvalue weighted by Gasteiger charge is -2.23. The summed E-state index contributed by atoms with van der Waals surface area (Å²) in [5.41, 5.74) is 2.09. The van der Waals surface area contributed by atoms with E-state index < -0.39 is 0 Å². The van der Waals surface area contributed by atoms with Crippen molar-refractivity contribution in [2.75, 3.05) is 7.05 Å². The van der Waals surface area contributed by atoms with E-state index in [0.717, 1.165) is 29.6 Å². The molecule has 30 heavy (non-hydrogen) atoms. The van der Waals surface area contributed by atoms with E-state index in [2.05, 4.69) is 76.3 Å². The number of nitrogens with zero attached hydrogens (tertiary/aromatic N) is 3. The molecule has 3 rings (SSSR count). The number of hydrogen-bond acceptors (Lipinski definition) is 3. The van der Waals surface area contributed by atoms with Crippen molar-refractivity contribution < 1.29 is 4.74 Å². The summed E-state index contributed by atoms with van der Waals surface area (Å²) in [6, 6.07) is 18.4. The van der Waals surface area contributed by atoms with E-state index in [1.807, 2.05) is 36.7 Å². The van der Waals surface area contributed by atoms with Crippen molar-refractivity contribution in [2.24, 2.45) is 4.99 Å². The molecule has 0 amide bonds. The van der Waals surface area contributed by atoms with E-state index in [1.54, 1.807) is 7.05 Å². The highest BCUT2D eigenvalue weighted by Gasteiger charge is 2.14. The number of aliphatic imine (C=N–C) groups is 1. The zero-order valence-electron chi connectivity index (χ0n) is 18.2. The fourth-order valence-corrected chi connectivity index (χ4v) is 3.07. The van der Waals surface area contributed by atoms with Crippen LogP contribution in [0.15, 0.2) is 72.0 Å².